The van der Waals surface area contributed by atoms with Gasteiger partial charge in [-0.3, -0.25) is 4.79 Å². The van der Waals surface area contributed by atoms with Gasteiger partial charge in [0.2, 0.25) is 0 Å². The van der Waals surface area contributed by atoms with Gasteiger partial charge < -0.3 is 10.6 Å². The Hall–Kier alpha value is -2.00. The van der Waals surface area contributed by atoms with E-state index in [0.29, 0.717) is 22.8 Å². The first-order chi connectivity index (χ1) is 9.08. The monoisotopic (exact) mass is 274 g/mol. The van der Waals surface area contributed by atoms with E-state index in [-0.39, 0.29) is 5.91 Å². The lowest BCUT2D eigenvalue weighted by atomic mass is 10.1. The third-order valence-corrected chi connectivity index (χ3v) is 3.08. The van der Waals surface area contributed by atoms with Gasteiger partial charge >= 0.3 is 0 Å². The number of amides is 1. The van der Waals surface area contributed by atoms with E-state index < -0.39 is 0 Å². The van der Waals surface area contributed by atoms with Crippen LogP contribution < -0.4 is 5.73 Å². The molecule has 0 aliphatic rings. The van der Waals surface area contributed by atoms with Gasteiger partial charge in [0.25, 0.3) is 5.91 Å². The fourth-order valence-electron chi connectivity index (χ4n) is 1.88. The molecule has 2 aromatic rings. The number of rotatable bonds is 3. The normalized spacial score (nSPS) is 10.2. The van der Waals surface area contributed by atoms with Crippen molar-refractivity contribution in [3.8, 4) is 0 Å². The molecule has 0 heterocycles. The fraction of sp³-hybridized carbons (Fsp3) is 0.133. The van der Waals surface area contributed by atoms with E-state index in [1.807, 2.05) is 30.3 Å². The molecule has 98 valence electrons. The fourth-order valence-corrected chi connectivity index (χ4v) is 2.09. The molecule has 0 spiro atoms. The highest BCUT2D eigenvalue weighted by atomic mass is 35.5. The van der Waals surface area contributed by atoms with E-state index in [9.17, 15) is 4.79 Å². The minimum absolute atomic E-state index is 0.0990. The average molecular weight is 275 g/mol. The number of hydrogen-bond acceptors (Lipinski definition) is 2. The number of nitrogen functional groups attached to an aromatic ring is 1. The van der Waals surface area contributed by atoms with Gasteiger partial charge in [0.1, 0.15) is 0 Å². The Labute approximate surface area is 117 Å². The van der Waals surface area contributed by atoms with E-state index in [1.165, 1.54) is 0 Å². The molecule has 0 bridgehead atoms. The van der Waals surface area contributed by atoms with Crippen LogP contribution in [0.25, 0.3) is 0 Å². The van der Waals surface area contributed by atoms with Gasteiger partial charge in [0.15, 0.2) is 0 Å². The zero-order chi connectivity index (χ0) is 13.8. The van der Waals surface area contributed by atoms with Crippen molar-refractivity contribution < 1.29 is 4.79 Å². The molecule has 0 saturated heterocycles. The number of nitrogens with zero attached hydrogens (tertiary/aromatic N) is 1. The second-order valence-corrected chi connectivity index (χ2v) is 4.81. The first-order valence-electron chi connectivity index (χ1n) is 5.92. The number of carbonyl (C=O) groups is 1. The number of hydrogen-bond donors (Lipinski definition) is 1. The Morgan fingerprint density at radius 1 is 1.21 bits per heavy atom. The highest BCUT2D eigenvalue weighted by Gasteiger charge is 2.14. The standard InChI is InChI=1S/C15H15ClN2O/c1-18(10-11-5-4-6-12(16)9-11)15(19)13-7-2-3-8-14(13)17/h2-9H,10,17H2,1H3. The molecule has 0 aromatic heterocycles. The third kappa shape index (κ3) is 3.26. The smallest absolute Gasteiger partial charge is 0.255 e. The molecule has 0 saturated carbocycles. The van der Waals surface area contributed by atoms with E-state index in [2.05, 4.69) is 0 Å². The van der Waals surface area contributed by atoms with Gasteiger partial charge in [0, 0.05) is 24.3 Å². The number of halogens is 1. The van der Waals surface area contributed by atoms with E-state index in [1.54, 1.807) is 30.1 Å². The summed E-state index contributed by atoms with van der Waals surface area (Å²) in [6.07, 6.45) is 0. The Kier molecular flexibility index (Phi) is 4.07. The molecular formula is C15H15ClN2O. The highest BCUT2D eigenvalue weighted by molar-refractivity contribution is 6.30. The SMILES string of the molecule is CN(Cc1cccc(Cl)c1)C(=O)c1ccccc1N. The minimum atomic E-state index is -0.0990. The highest BCUT2D eigenvalue weighted by Crippen LogP contribution is 2.16. The lowest BCUT2D eigenvalue weighted by Gasteiger charge is -2.18. The van der Waals surface area contributed by atoms with Gasteiger partial charge in [-0.05, 0) is 29.8 Å². The molecule has 0 fully saturated rings. The van der Waals surface area contributed by atoms with Crippen LogP contribution in [0.5, 0.6) is 0 Å². The lowest BCUT2D eigenvalue weighted by molar-refractivity contribution is 0.0786. The van der Waals surface area contributed by atoms with Crippen LogP contribution in [0.4, 0.5) is 5.69 Å². The van der Waals surface area contributed by atoms with Gasteiger partial charge in [-0.25, -0.2) is 0 Å². The molecule has 2 aromatic carbocycles. The van der Waals surface area contributed by atoms with E-state index >= 15 is 0 Å². The van der Waals surface area contributed by atoms with Crippen LogP contribution in [0.15, 0.2) is 48.5 Å². The molecule has 0 unspecified atom stereocenters. The first kappa shape index (κ1) is 13.4. The van der Waals surface area contributed by atoms with Gasteiger partial charge in [-0.15, -0.1) is 0 Å². The minimum Gasteiger partial charge on any atom is -0.398 e. The number of carbonyl (C=O) groups excluding carboxylic acids is 1. The summed E-state index contributed by atoms with van der Waals surface area (Å²) in [4.78, 5) is 13.9. The quantitative estimate of drug-likeness (QED) is 0.874. The molecule has 0 atom stereocenters. The van der Waals surface area contributed by atoms with E-state index in [4.69, 9.17) is 17.3 Å². The predicted octanol–water partition coefficient (Wildman–Crippen LogP) is 3.19. The second-order valence-electron chi connectivity index (χ2n) is 4.38. The van der Waals surface area contributed by atoms with Crippen molar-refractivity contribution in [2.45, 2.75) is 6.54 Å². The number of nitrogens with two attached hydrogens (primary N) is 1. The summed E-state index contributed by atoms with van der Waals surface area (Å²) in [5, 5.41) is 0.664. The molecule has 0 aliphatic carbocycles. The maximum absolute atomic E-state index is 12.3. The van der Waals surface area contributed by atoms with Crippen LogP contribution in [0.1, 0.15) is 15.9 Å². The van der Waals surface area contributed by atoms with Crippen molar-refractivity contribution in [2.24, 2.45) is 0 Å². The van der Waals surface area contributed by atoms with Crippen LogP contribution in [-0.2, 0) is 6.54 Å². The van der Waals surface area contributed by atoms with Crippen LogP contribution in [0, 0.1) is 0 Å². The van der Waals surface area contributed by atoms with Crippen molar-refractivity contribution in [3.05, 3.63) is 64.7 Å². The third-order valence-electron chi connectivity index (χ3n) is 2.85. The largest absolute Gasteiger partial charge is 0.398 e. The number of anilines is 1. The van der Waals surface area contributed by atoms with Crippen LogP contribution in [-0.4, -0.2) is 17.9 Å². The molecule has 3 nitrogen and oxygen atoms in total. The molecular weight excluding hydrogens is 260 g/mol. The zero-order valence-corrected chi connectivity index (χ0v) is 11.4. The molecule has 2 N–H and O–H groups in total. The molecule has 0 aliphatic heterocycles. The van der Waals surface area contributed by atoms with Crippen LogP contribution in [0.2, 0.25) is 5.02 Å². The van der Waals surface area contributed by atoms with E-state index in [0.717, 1.165) is 5.56 Å². The number of para-hydroxylation sites is 1. The Morgan fingerprint density at radius 3 is 2.63 bits per heavy atom. The van der Waals surface area contributed by atoms with Crippen LogP contribution in [0.3, 0.4) is 0 Å². The Morgan fingerprint density at radius 2 is 1.95 bits per heavy atom. The summed E-state index contributed by atoms with van der Waals surface area (Å²) in [5.41, 5.74) is 7.80. The summed E-state index contributed by atoms with van der Waals surface area (Å²) < 4.78 is 0. The number of benzene rings is 2. The topological polar surface area (TPSA) is 46.3 Å². The van der Waals surface area contributed by atoms with Crippen molar-refractivity contribution in [1.29, 1.82) is 0 Å². The maximum atomic E-state index is 12.3. The van der Waals surface area contributed by atoms with Crippen molar-refractivity contribution in [3.63, 3.8) is 0 Å². The Balaban J connectivity index is 2.14. The molecule has 19 heavy (non-hydrogen) atoms. The second kappa shape index (κ2) is 5.76. The molecule has 1 amide bonds. The van der Waals surface area contributed by atoms with Gasteiger partial charge in [-0.2, -0.15) is 0 Å². The van der Waals surface area contributed by atoms with Gasteiger partial charge in [0.05, 0.1) is 5.56 Å². The lowest BCUT2D eigenvalue weighted by Crippen LogP contribution is -2.26. The predicted molar refractivity (Wildman–Crippen MR) is 78.1 cm³/mol. The molecule has 0 radical (unpaired) electrons. The van der Waals surface area contributed by atoms with Crippen molar-refractivity contribution >= 4 is 23.2 Å². The summed E-state index contributed by atoms with van der Waals surface area (Å²) in [6.45, 7) is 0.494. The summed E-state index contributed by atoms with van der Waals surface area (Å²) in [7, 11) is 1.75. The molecule has 4 heteroatoms. The van der Waals surface area contributed by atoms with Crippen molar-refractivity contribution in [2.75, 3.05) is 12.8 Å². The first-order valence-corrected chi connectivity index (χ1v) is 6.30. The summed E-state index contributed by atoms with van der Waals surface area (Å²) in [6, 6.07) is 14.5. The van der Waals surface area contributed by atoms with Crippen LogP contribution >= 0.6 is 11.6 Å². The Bertz CT molecular complexity index is 598. The van der Waals surface area contributed by atoms with Crippen molar-refractivity contribution in [1.82, 2.24) is 4.90 Å². The zero-order valence-electron chi connectivity index (χ0n) is 10.6. The summed E-state index contributed by atoms with van der Waals surface area (Å²) >= 11 is 5.93. The average Bonchev–Trinajstić information content (AvgIpc) is 2.38. The summed E-state index contributed by atoms with van der Waals surface area (Å²) in [5.74, 6) is -0.0990. The van der Waals surface area contributed by atoms with Gasteiger partial charge in [-0.1, -0.05) is 35.9 Å². The maximum Gasteiger partial charge on any atom is 0.255 e. The molecule has 2 rings (SSSR count).